The van der Waals surface area contributed by atoms with Crippen LogP contribution < -0.4 is 21.7 Å². The third-order valence-corrected chi connectivity index (χ3v) is 14.2. The van der Waals surface area contributed by atoms with Crippen LogP contribution in [0.3, 0.4) is 0 Å². The second-order valence-corrected chi connectivity index (χ2v) is 17.8. The van der Waals surface area contributed by atoms with E-state index in [2.05, 4.69) is 34.2 Å². The van der Waals surface area contributed by atoms with Crippen molar-refractivity contribution in [3.8, 4) is 5.75 Å². The number of hydrogen-bond acceptors (Lipinski definition) is 8. The van der Waals surface area contributed by atoms with E-state index in [1.807, 2.05) is 107 Å². The van der Waals surface area contributed by atoms with Gasteiger partial charge in [0.1, 0.15) is 17.1 Å². The maximum absolute atomic E-state index is 14.5. The molecule has 6 heterocycles. The van der Waals surface area contributed by atoms with Crippen molar-refractivity contribution >= 4 is 52.2 Å². The minimum atomic E-state index is -1.64. The van der Waals surface area contributed by atoms with Crippen molar-refractivity contribution in [2.75, 3.05) is 32.8 Å². The molecule has 2 amide bonds. The van der Waals surface area contributed by atoms with Crippen LogP contribution in [0.4, 0.5) is 0 Å². The van der Waals surface area contributed by atoms with E-state index in [0.717, 1.165) is 53.5 Å². The van der Waals surface area contributed by atoms with Crippen LogP contribution in [0.2, 0.25) is 0 Å². The number of likely N-dealkylation sites (tertiary alicyclic amines) is 2. The number of rotatable bonds is 8. The molecule has 1 atom stereocenters. The zero-order valence-corrected chi connectivity index (χ0v) is 35.5. The van der Waals surface area contributed by atoms with Gasteiger partial charge < -0.3 is 45.3 Å². The molecule has 3 fully saturated rings. The third-order valence-electron chi connectivity index (χ3n) is 14.2. The number of piperidine rings is 2. The highest BCUT2D eigenvalue weighted by Crippen LogP contribution is 2.47. The van der Waals surface area contributed by atoms with Crippen LogP contribution in [-0.4, -0.2) is 77.5 Å². The minimum Gasteiger partial charge on any atom is -0.503 e. The van der Waals surface area contributed by atoms with Gasteiger partial charge >= 0.3 is 13.1 Å². The summed E-state index contributed by atoms with van der Waals surface area (Å²) < 4.78 is 19.1. The van der Waals surface area contributed by atoms with Gasteiger partial charge in [0.25, 0.3) is 11.8 Å². The van der Waals surface area contributed by atoms with E-state index in [0.29, 0.717) is 90.7 Å². The lowest BCUT2D eigenvalue weighted by Crippen LogP contribution is -2.46. The average Bonchev–Trinajstić information content (AvgIpc) is 4.15. The molecule has 13 heteroatoms. The largest absolute Gasteiger partial charge is 0.566 e. The fourth-order valence-electron chi connectivity index (χ4n) is 10.5. The van der Waals surface area contributed by atoms with Crippen molar-refractivity contribution in [3.63, 3.8) is 0 Å². The number of carbonyl (C=O) groups excluding carboxylic acids is 3. The fraction of sp³-hybridized carbons (Fsp3) is 0.275. The third kappa shape index (κ3) is 6.68. The standard InChI is InChI=1S/C51H49BN6O6/c53-29-32-6-4-7-35(24-32)34-16-20-57(21-17-34)48(60)45-28-39-40(10-5-11-43(39)56-45)51(37-8-2-1-3-9-37)49(61)63-52(64-51)38-13-14-42-36(26-38)27-44(55-42)47(59)58-22-18-50(19-23-58)31-62-46-15-12-33(30-54)25-41(46)50/h1-15,24-28,34,55-56H,16-23,29-31,53-54H2/t51-/m1/s1. The number of hydrogen-bond donors (Lipinski definition) is 4. The summed E-state index contributed by atoms with van der Waals surface area (Å²) in [7, 11) is -1.05. The summed E-state index contributed by atoms with van der Waals surface area (Å²) in [6, 6.07) is 38.9. The molecule has 2 aromatic heterocycles. The molecule has 4 aliphatic rings. The molecule has 6 N–H and O–H groups in total. The SMILES string of the molecule is NCc1cccc(C2CCN(C(=O)c3cc4c([C@@]5(c6ccccc6)OB(c6ccc7[nH]c(C(=O)N8CCC9(CC8)COc8ccc(CN)cc89)cc7c6)OC5=O)cccc4[nH]3)CC2)c1. The molecular weight excluding hydrogens is 803 g/mol. The molecule has 7 aromatic rings. The maximum atomic E-state index is 14.5. The van der Waals surface area contributed by atoms with E-state index >= 15 is 0 Å². The normalized spacial score (nSPS) is 19.7. The summed E-state index contributed by atoms with van der Waals surface area (Å²) in [5.74, 6) is 0.563. The Hall–Kier alpha value is -6.67. The lowest BCUT2D eigenvalue weighted by atomic mass is 9.74. The maximum Gasteiger partial charge on any atom is 0.566 e. The van der Waals surface area contributed by atoms with E-state index in [-0.39, 0.29) is 17.2 Å². The van der Waals surface area contributed by atoms with Gasteiger partial charge in [0.15, 0.2) is 0 Å². The first-order chi connectivity index (χ1) is 31.2. The van der Waals surface area contributed by atoms with Crippen molar-refractivity contribution in [1.82, 2.24) is 19.8 Å². The first-order valence-corrected chi connectivity index (χ1v) is 22.3. The molecule has 1 spiro atoms. The van der Waals surface area contributed by atoms with Gasteiger partial charge in [-0.15, -0.1) is 0 Å². The number of nitrogens with one attached hydrogen (secondary N) is 2. The monoisotopic (exact) mass is 852 g/mol. The zero-order valence-electron chi connectivity index (χ0n) is 35.5. The first kappa shape index (κ1) is 40.1. The lowest BCUT2D eigenvalue weighted by Gasteiger charge is -2.38. The quantitative estimate of drug-likeness (QED) is 0.128. The number of aromatic amines is 2. The Kier molecular flexibility index (Phi) is 9.94. The molecule has 0 radical (unpaired) electrons. The molecule has 11 rings (SSSR count). The average molecular weight is 853 g/mol. The number of amides is 2. The van der Waals surface area contributed by atoms with E-state index in [1.165, 1.54) is 11.1 Å². The highest BCUT2D eigenvalue weighted by molar-refractivity contribution is 6.65. The Morgan fingerprint density at radius 1 is 0.703 bits per heavy atom. The predicted octanol–water partition coefficient (Wildman–Crippen LogP) is 6.37. The number of fused-ring (bicyclic) bond motifs is 4. The summed E-state index contributed by atoms with van der Waals surface area (Å²) in [6.45, 7) is 4.06. The molecule has 4 aliphatic heterocycles. The van der Waals surface area contributed by atoms with Gasteiger partial charge in [-0.2, -0.15) is 0 Å². The number of nitrogens with two attached hydrogens (primary N) is 2. The van der Waals surface area contributed by atoms with Gasteiger partial charge in [-0.05, 0) is 95.0 Å². The molecule has 322 valence electrons. The number of ether oxygens (including phenoxy) is 1. The van der Waals surface area contributed by atoms with Crippen LogP contribution in [0.15, 0.2) is 121 Å². The van der Waals surface area contributed by atoms with Gasteiger partial charge in [-0.3, -0.25) is 9.59 Å². The molecule has 0 aliphatic carbocycles. The Bertz CT molecular complexity index is 2950. The first-order valence-electron chi connectivity index (χ1n) is 22.3. The topological polar surface area (TPSA) is 169 Å². The Morgan fingerprint density at radius 3 is 2.20 bits per heavy atom. The molecule has 0 bridgehead atoms. The second kappa shape index (κ2) is 15.8. The van der Waals surface area contributed by atoms with Gasteiger partial charge in [-0.1, -0.05) is 91.0 Å². The number of H-pyrrole nitrogens is 2. The molecular formula is C51H49BN6O6. The minimum absolute atomic E-state index is 0.0652. The summed E-state index contributed by atoms with van der Waals surface area (Å²) in [5, 5.41) is 1.49. The fourth-order valence-corrected chi connectivity index (χ4v) is 10.5. The highest BCUT2D eigenvalue weighted by atomic mass is 16.7. The Balaban J connectivity index is 0.836. The zero-order chi connectivity index (χ0) is 43.6. The van der Waals surface area contributed by atoms with Crippen LogP contribution in [0.5, 0.6) is 5.75 Å². The van der Waals surface area contributed by atoms with E-state index in [9.17, 15) is 14.4 Å². The summed E-state index contributed by atoms with van der Waals surface area (Å²) in [6.07, 6.45) is 3.32. The van der Waals surface area contributed by atoms with Gasteiger partial charge in [0.05, 0.1) is 6.61 Å². The van der Waals surface area contributed by atoms with Crippen LogP contribution in [0.1, 0.15) is 86.0 Å². The number of benzene rings is 5. The van der Waals surface area contributed by atoms with Crippen LogP contribution in [0, 0.1) is 0 Å². The Labute approximate surface area is 371 Å². The van der Waals surface area contributed by atoms with E-state index < -0.39 is 18.7 Å². The van der Waals surface area contributed by atoms with Crippen molar-refractivity contribution in [2.24, 2.45) is 11.5 Å². The van der Waals surface area contributed by atoms with E-state index in [4.69, 9.17) is 25.5 Å². The van der Waals surface area contributed by atoms with Crippen LogP contribution in [-0.2, 0) is 38.2 Å². The predicted molar refractivity (Wildman–Crippen MR) is 245 cm³/mol. The van der Waals surface area contributed by atoms with Crippen molar-refractivity contribution < 1.29 is 28.4 Å². The molecule has 3 saturated heterocycles. The summed E-state index contributed by atoms with van der Waals surface area (Å²) in [5.41, 5.74) is 19.0. The van der Waals surface area contributed by atoms with Crippen LogP contribution >= 0.6 is 0 Å². The highest BCUT2D eigenvalue weighted by Gasteiger charge is 2.56. The van der Waals surface area contributed by atoms with Gasteiger partial charge in [0, 0.05) is 72.2 Å². The van der Waals surface area contributed by atoms with E-state index in [1.54, 1.807) is 0 Å². The summed E-state index contributed by atoms with van der Waals surface area (Å²) >= 11 is 0. The van der Waals surface area contributed by atoms with Gasteiger partial charge in [0.2, 0.25) is 5.60 Å². The van der Waals surface area contributed by atoms with Crippen molar-refractivity contribution in [2.45, 2.75) is 55.7 Å². The summed E-state index contributed by atoms with van der Waals surface area (Å²) in [4.78, 5) is 53.0. The molecule has 64 heavy (non-hydrogen) atoms. The Morgan fingerprint density at radius 2 is 1.42 bits per heavy atom. The number of aromatic nitrogens is 2. The van der Waals surface area contributed by atoms with Crippen LogP contribution in [0.25, 0.3) is 21.8 Å². The second-order valence-electron chi connectivity index (χ2n) is 17.8. The lowest BCUT2D eigenvalue weighted by molar-refractivity contribution is -0.141. The number of carbonyl (C=O) groups is 3. The molecule has 5 aromatic carbocycles. The van der Waals surface area contributed by atoms with Crippen molar-refractivity contribution in [1.29, 1.82) is 0 Å². The molecule has 12 nitrogen and oxygen atoms in total. The smallest absolute Gasteiger partial charge is 0.503 e. The molecule has 0 saturated carbocycles. The van der Waals surface area contributed by atoms with Gasteiger partial charge in [-0.25, -0.2) is 4.79 Å². The number of nitrogens with zero attached hydrogens (tertiary/aromatic N) is 2. The molecule has 0 unspecified atom stereocenters. The van der Waals surface area contributed by atoms with Crippen molar-refractivity contribution in [3.05, 3.63) is 166 Å².